The molecule has 0 aliphatic heterocycles. The summed E-state index contributed by atoms with van der Waals surface area (Å²) in [5.41, 5.74) is 1.15. The molecule has 0 aromatic heterocycles. The Labute approximate surface area is 92.5 Å². The molecule has 2 heteroatoms. The molecule has 0 spiro atoms. The van der Waals surface area contributed by atoms with Gasteiger partial charge in [0.05, 0.1) is 0 Å². The lowest BCUT2D eigenvalue weighted by Crippen LogP contribution is -1.96. The highest BCUT2D eigenvalue weighted by atomic mass is 35.5. The summed E-state index contributed by atoms with van der Waals surface area (Å²) in [4.78, 5) is 11.0. The molecule has 0 rings (SSSR count). The Morgan fingerprint density at radius 1 is 1.14 bits per heavy atom. The number of rotatable bonds is 7. The van der Waals surface area contributed by atoms with E-state index in [1.54, 1.807) is 6.92 Å². The Bertz CT molecular complexity index is 206. The summed E-state index contributed by atoms with van der Waals surface area (Å²) in [6.07, 6.45) is 5.75. The number of Topliss-reactive ketones (excluding diaryl/α,β-unsaturated/α-hetero) is 1. The lowest BCUT2D eigenvalue weighted by Gasteiger charge is -2.07. The maximum Gasteiger partial charge on any atom is 0.133 e. The van der Waals surface area contributed by atoms with Gasteiger partial charge in [0, 0.05) is 11.5 Å². The van der Waals surface area contributed by atoms with E-state index in [2.05, 4.69) is 13.8 Å². The summed E-state index contributed by atoms with van der Waals surface area (Å²) in [5, 5.41) is 0.920. The lowest BCUT2D eigenvalue weighted by molar-refractivity contribution is -0.116. The van der Waals surface area contributed by atoms with E-state index in [-0.39, 0.29) is 5.78 Å². The topological polar surface area (TPSA) is 17.1 Å². The monoisotopic (exact) mass is 216 g/mol. The third kappa shape index (κ3) is 6.20. The molecule has 0 atom stereocenters. The molecule has 0 bridgehead atoms. The van der Waals surface area contributed by atoms with Gasteiger partial charge in [0.1, 0.15) is 5.78 Å². The van der Waals surface area contributed by atoms with Crippen molar-refractivity contribution in [3.63, 3.8) is 0 Å². The first-order chi connectivity index (χ1) is 6.61. The predicted molar refractivity (Wildman–Crippen MR) is 62.6 cm³/mol. The Balaban J connectivity index is 4.32. The van der Waals surface area contributed by atoms with E-state index in [0.717, 1.165) is 42.7 Å². The number of allylic oxidation sites excluding steroid dienone is 2. The molecule has 14 heavy (non-hydrogen) atoms. The molecule has 82 valence electrons. The van der Waals surface area contributed by atoms with E-state index < -0.39 is 0 Å². The van der Waals surface area contributed by atoms with Gasteiger partial charge >= 0.3 is 0 Å². The average Bonchev–Trinajstić information content (AvgIpc) is 2.13. The Morgan fingerprint density at radius 2 is 1.79 bits per heavy atom. The first-order valence-corrected chi connectivity index (χ1v) is 5.85. The second kappa shape index (κ2) is 8.05. The van der Waals surface area contributed by atoms with Crippen molar-refractivity contribution in [2.45, 2.75) is 59.3 Å². The zero-order valence-corrected chi connectivity index (χ0v) is 10.3. The number of ketones is 1. The standard InChI is InChI=1S/C12H21ClO/c1-4-6-8-12(13)11(7-5-2)9-10(3)14/h4-9H2,1-3H3/b12-11+. The summed E-state index contributed by atoms with van der Waals surface area (Å²) >= 11 is 6.18. The highest BCUT2D eigenvalue weighted by Crippen LogP contribution is 2.23. The fraction of sp³-hybridized carbons (Fsp3) is 0.750. The first-order valence-electron chi connectivity index (χ1n) is 5.47. The first kappa shape index (κ1) is 13.7. The zero-order valence-electron chi connectivity index (χ0n) is 9.53. The highest BCUT2D eigenvalue weighted by molar-refractivity contribution is 6.30. The summed E-state index contributed by atoms with van der Waals surface area (Å²) in [7, 11) is 0. The molecule has 0 amide bonds. The van der Waals surface area contributed by atoms with Crippen LogP contribution in [0.5, 0.6) is 0 Å². The number of carbonyl (C=O) groups excluding carboxylic acids is 1. The average molecular weight is 217 g/mol. The summed E-state index contributed by atoms with van der Waals surface area (Å²) in [6, 6.07) is 0. The third-order valence-electron chi connectivity index (χ3n) is 2.15. The van der Waals surface area contributed by atoms with Crippen LogP contribution in [-0.4, -0.2) is 5.78 Å². The molecule has 0 saturated heterocycles. The lowest BCUT2D eigenvalue weighted by atomic mass is 10.0. The van der Waals surface area contributed by atoms with E-state index in [4.69, 9.17) is 11.6 Å². The van der Waals surface area contributed by atoms with E-state index >= 15 is 0 Å². The van der Waals surface area contributed by atoms with Crippen molar-refractivity contribution in [1.82, 2.24) is 0 Å². The van der Waals surface area contributed by atoms with Gasteiger partial charge in [-0.25, -0.2) is 0 Å². The van der Waals surface area contributed by atoms with Gasteiger partial charge < -0.3 is 0 Å². The number of hydrogen-bond donors (Lipinski definition) is 0. The van der Waals surface area contributed by atoms with E-state index in [1.807, 2.05) is 0 Å². The largest absolute Gasteiger partial charge is 0.300 e. The third-order valence-corrected chi connectivity index (χ3v) is 2.60. The molecule has 0 aliphatic rings. The van der Waals surface area contributed by atoms with Gasteiger partial charge in [-0.2, -0.15) is 0 Å². The van der Waals surface area contributed by atoms with Gasteiger partial charge in [0.15, 0.2) is 0 Å². The van der Waals surface area contributed by atoms with Gasteiger partial charge in [-0.3, -0.25) is 4.79 Å². The molecule has 0 radical (unpaired) electrons. The van der Waals surface area contributed by atoms with Crippen LogP contribution in [-0.2, 0) is 4.79 Å². The fourth-order valence-corrected chi connectivity index (χ4v) is 1.73. The quantitative estimate of drug-likeness (QED) is 0.615. The minimum atomic E-state index is 0.211. The van der Waals surface area contributed by atoms with E-state index in [0.29, 0.717) is 6.42 Å². The van der Waals surface area contributed by atoms with Gasteiger partial charge in [-0.1, -0.05) is 38.3 Å². The van der Waals surface area contributed by atoms with Crippen LogP contribution in [0.25, 0.3) is 0 Å². The number of unbranched alkanes of at least 4 members (excludes halogenated alkanes) is 1. The van der Waals surface area contributed by atoms with Crippen LogP contribution >= 0.6 is 11.6 Å². The summed E-state index contributed by atoms with van der Waals surface area (Å²) in [6.45, 7) is 5.89. The molecule has 0 aromatic rings. The summed E-state index contributed by atoms with van der Waals surface area (Å²) in [5.74, 6) is 0.211. The van der Waals surface area contributed by atoms with Crippen molar-refractivity contribution < 1.29 is 4.79 Å². The number of carbonyl (C=O) groups is 1. The number of halogens is 1. The van der Waals surface area contributed by atoms with Crippen LogP contribution in [0.2, 0.25) is 0 Å². The normalized spacial score (nSPS) is 12.6. The smallest absolute Gasteiger partial charge is 0.133 e. The Hall–Kier alpha value is -0.300. The molecular weight excluding hydrogens is 196 g/mol. The predicted octanol–water partition coefficient (Wildman–Crippen LogP) is 4.45. The molecule has 0 saturated carbocycles. The molecular formula is C12H21ClO. The van der Waals surface area contributed by atoms with Crippen LogP contribution in [0, 0.1) is 0 Å². The van der Waals surface area contributed by atoms with E-state index in [9.17, 15) is 4.79 Å². The highest BCUT2D eigenvalue weighted by Gasteiger charge is 2.06. The minimum absolute atomic E-state index is 0.211. The van der Waals surface area contributed by atoms with Crippen molar-refractivity contribution in [2.24, 2.45) is 0 Å². The molecule has 0 aromatic carbocycles. The molecule has 1 nitrogen and oxygen atoms in total. The molecule has 0 heterocycles. The van der Waals surface area contributed by atoms with Crippen LogP contribution in [0.15, 0.2) is 10.6 Å². The fourth-order valence-electron chi connectivity index (χ4n) is 1.43. The van der Waals surface area contributed by atoms with Crippen LogP contribution in [0.4, 0.5) is 0 Å². The summed E-state index contributed by atoms with van der Waals surface area (Å²) < 4.78 is 0. The zero-order chi connectivity index (χ0) is 11.0. The van der Waals surface area contributed by atoms with Crippen molar-refractivity contribution in [3.8, 4) is 0 Å². The Morgan fingerprint density at radius 3 is 2.21 bits per heavy atom. The van der Waals surface area contributed by atoms with Gasteiger partial charge in [0.2, 0.25) is 0 Å². The van der Waals surface area contributed by atoms with Gasteiger partial charge in [-0.15, -0.1) is 0 Å². The van der Waals surface area contributed by atoms with E-state index in [1.165, 1.54) is 0 Å². The Kier molecular flexibility index (Phi) is 7.87. The molecule has 0 unspecified atom stereocenters. The second-order valence-corrected chi connectivity index (χ2v) is 4.20. The molecule has 0 fully saturated rings. The van der Waals surface area contributed by atoms with Crippen molar-refractivity contribution in [3.05, 3.63) is 10.6 Å². The second-order valence-electron chi connectivity index (χ2n) is 3.74. The SMILES string of the molecule is CCCC/C(Cl)=C(/CCC)CC(C)=O. The van der Waals surface area contributed by atoms with Crippen molar-refractivity contribution in [2.75, 3.05) is 0 Å². The molecule has 0 aliphatic carbocycles. The van der Waals surface area contributed by atoms with Gasteiger partial charge in [-0.05, 0) is 31.8 Å². The van der Waals surface area contributed by atoms with Crippen molar-refractivity contribution >= 4 is 17.4 Å². The maximum atomic E-state index is 11.0. The minimum Gasteiger partial charge on any atom is -0.300 e. The van der Waals surface area contributed by atoms with Gasteiger partial charge in [0.25, 0.3) is 0 Å². The maximum absolute atomic E-state index is 11.0. The van der Waals surface area contributed by atoms with Crippen LogP contribution < -0.4 is 0 Å². The molecule has 0 N–H and O–H groups in total. The van der Waals surface area contributed by atoms with Crippen LogP contribution in [0.1, 0.15) is 59.3 Å². The van der Waals surface area contributed by atoms with Crippen molar-refractivity contribution in [1.29, 1.82) is 0 Å². The van der Waals surface area contributed by atoms with Crippen LogP contribution in [0.3, 0.4) is 0 Å². The number of hydrogen-bond acceptors (Lipinski definition) is 1.